The predicted octanol–water partition coefficient (Wildman–Crippen LogP) is 3.33. The predicted molar refractivity (Wildman–Crippen MR) is 71.6 cm³/mol. The zero-order chi connectivity index (χ0) is 13.0. The Labute approximate surface area is 109 Å². The molecule has 0 aliphatic heterocycles. The lowest BCUT2D eigenvalue weighted by Gasteiger charge is -2.32. The standard InChI is InChI=1S/C15H22FNO/c1-17-10-12-5-3-4-6-13(12)11-7-8-15(18-2)14(16)9-11/h7-9,12-13,17H,3-6,10H2,1-2H3. The number of halogens is 1. The SMILES string of the molecule is CNCC1CCCCC1c1ccc(OC)c(F)c1. The average Bonchev–Trinajstić information content (AvgIpc) is 2.40. The number of methoxy groups -OCH3 is 1. The van der Waals surface area contributed by atoms with Gasteiger partial charge in [-0.05, 0) is 56.0 Å². The Kier molecular flexibility index (Phi) is 4.59. The summed E-state index contributed by atoms with van der Waals surface area (Å²) in [7, 11) is 3.49. The van der Waals surface area contributed by atoms with E-state index in [0.717, 1.165) is 18.5 Å². The maximum Gasteiger partial charge on any atom is 0.165 e. The first kappa shape index (κ1) is 13.3. The van der Waals surface area contributed by atoms with Crippen LogP contribution in [-0.4, -0.2) is 20.7 Å². The van der Waals surface area contributed by atoms with Crippen LogP contribution in [0.25, 0.3) is 0 Å². The summed E-state index contributed by atoms with van der Waals surface area (Å²) in [5.74, 6) is 1.19. The highest BCUT2D eigenvalue weighted by Gasteiger charge is 2.26. The first-order valence-electron chi connectivity index (χ1n) is 6.74. The van der Waals surface area contributed by atoms with Gasteiger partial charge in [-0.3, -0.25) is 0 Å². The summed E-state index contributed by atoms with van der Waals surface area (Å²) < 4.78 is 18.8. The van der Waals surface area contributed by atoms with E-state index in [0.29, 0.717) is 17.6 Å². The van der Waals surface area contributed by atoms with Crippen molar-refractivity contribution in [3.63, 3.8) is 0 Å². The van der Waals surface area contributed by atoms with Crippen LogP contribution in [-0.2, 0) is 0 Å². The Morgan fingerprint density at radius 3 is 2.78 bits per heavy atom. The van der Waals surface area contributed by atoms with Gasteiger partial charge in [0.2, 0.25) is 0 Å². The quantitative estimate of drug-likeness (QED) is 0.886. The number of ether oxygens (including phenoxy) is 1. The van der Waals surface area contributed by atoms with Crippen LogP contribution in [0, 0.1) is 11.7 Å². The van der Waals surface area contributed by atoms with E-state index in [2.05, 4.69) is 5.32 Å². The minimum absolute atomic E-state index is 0.246. The van der Waals surface area contributed by atoms with E-state index in [4.69, 9.17) is 4.74 Å². The lowest BCUT2D eigenvalue weighted by molar-refractivity contribution is 0.300. The minimum Gasteiger partial charge on any atom is -0.494 e. The van der Waals surface area contributed by atoms with Crippen LogP contribution in [0.5, 0.6) is 5.75 Å². The fourth-order valence-corrected chi connectivity index (χ4v) is 3.07. The minimum atomic E-state index is -0.246. The Balaban J connectivity index is 2.19. The van der Waals surface area contributed by atoms with Gasteiger partial charge in [-0.15, -0.1) is 0 Å². The monoisotopic (exact) mass is 251 g/mol. The zero-order valence-electron chi connectivity index (χ0n) is 11.2. The maximum absolute atomic E-state index is 13.8. The smallest absolute Gasteiger partial charge is 0.165 e. The van der Waals surface area contributed by atoms with Crippen molar-refractivity contribution in [2.45, 2.75) is 31.6 Å². The molecule has 0 spiro atoms. The first-order valence-corrected chi connectivity index (χ1v) is 6.74. The molecule has 2 nitrogen and oxygen atoms in total. The van der Waals surface area contributed by atoms with Gasteiger partial charge in [0.05, 0.1) is 7.11 Å². The van der Waals surface area contributed by atoms with Crippen molar-refractivity contribution >= 4 is 0 Å². The molecular weight excluding hydrogens is 229 g/mol. The fraction of sp³-hybridized carbons (Fsp3) is 0.600. The lowest BCUT2D eigenvalue weighted by atomic mass is 9.75. The van der Waals surface area contributed by atoms with E-state index in [1.54, 1.807) is 12.1 Å². The third-order valence-corrected chi connectivity index (χ3v) is 3.98. The zero-order valence-corrected chi connectivity index (χ0v) is 11.2. The largest absolute Gasteiger partial charge is 0.494 e. The lowest BCUT2D eigenvalue weighted by Crippen LogP contribution is -2.27. The molecule has 0 aromatic heterocycles. The van der Waals surface area contributed by atoms with Crippen molar-refractivity contribution in [1.29, 1.82) is 0 Å². The molecule has 1 fully saturated rings. The van der Waals surface area contributed by atoms with E-state index in [9.17, 15) is 4.39 Å². The maximum atomic E-state index is 13.8. The van der Waals surface area contributed by atoms with Crippen LogP contribution < -0.4 is 10.1 Å². The Bertz CT molecular complexity index is 392. The molecule has 0 amide bonds. The summed E-state index contributed by atoms with van der Waals surface area (Å²) >= 11 is 0. The molecule has 100 valence electrons. The summed E-state index contributed by atoms with van der Waals surface area (Å²) in [5, 5.41) is 3.26. The van der Waals surface area contributed by atoms with Crippen molar-refractivity contribution in [1.82, 2.24) is 5.32 Å². The van der Waals surface area contributed by atoms with Crippen molar-refractivity contribution < 1.29 is 9.13 Å². The molecule has 1 aliphatic rings. The summed E-state index contributed by atoms with van der Waals surface area (Å²) in [6.45, 7) is 1.01. The molecule has 18 heavy (non-hydrogen) atoms. The van der Waals surface area contributed by atoms with Crippen molar-refractivity contribution in [2.24, 2.45) is 5.92 Å². The topological polar surface area (TPSA) is 21.3 Å². The van der Waals surface area contributed by atoms with Gasteiger partial charge in [0.1, 0.15) is 0 Å². The molecule has 2 rings (SSSR count). The molecule has 0 saturated heterocycles. The molecule has 2 atom stereocenters. The highest BCUT2D eigenvalue weighted by Crippen LogP contribution is 2.38. The number of hydrogen-bond donors (Lipinski definition) is 1. The normalized spacial score (nSPS) is 23.9. The first-order chi connectivity index (χ1) is 8.76. The molecule has 1 aliphatic carbocycles. The molecule has 1 N–H and O–H groups in total. The van der Waals surface area contributed by atoms with Gasteiger partial charge in [0.15, 0.2) is 11.6 Å². The summed E-state index contributed by atoms with van der Waals surface area (Å²) in [4.78, 5) is 0. The van der Waals surface area contributed by atoms with Crippen LogP contribution in [0.15, 0.2) is 18.2 Å². The highest BCUT2D eigenvalue weighted by atomic mass is 19.1. The van der Waals surface area contributed by atoms with Gasteiger partial charge in [-0.1, -0.05) is 18.9 Å². The molecule has 3 heteroatoms. The van der Waals surface area contributed by atoms with Gasteiger partial charge in [-0.2, -0.15) is 0 Å². The molecule has 1 aromatic carbocycles. The number of benzene rings is 1. The van der Waals surface area contributed by atoms with Crippen molar-refractivity contribution in [3.8, 4) is 5.75 Å². The number of nitrogens with one attached hydrogen (secondary N) is 1. The summed E-state index contributed by atoms with van der Waals surface area (Å²) in [6, 6.07) is 5.41. The van der Waals surface area contributed by atoms with Gasteiger partial charge in [0, 0.05) is 0 Å². The second-order valence-corrected chi connectivity index (χ2v) is 5.10. The number of rotatable bonds is 4. The highest BCUT2D eigenvalue weighted by molar-refractivity contribution is 5.31. The van der Waals surface area contributed by atoms with Crippen LogP contribution in [0.4, 0.5) is 4.39 Å². The third-order valence-electron chi connectivity index (χ3n) is 3.98. The molecule has 0 heterocycles. The molecule has 2 unspecified atom stereocenters. The molecular formula is C15H22FNO. The van der Waals surface area contributed by atoms with Crippen LogP contribution in [0.1, 0.15) is 37.2 Å². The Morgan fingerprint density at radius 1 is 1.33 bits per heavy atom. The average molecular weight is 251 g/mol. The van der Waals surface area contributed by atoms with Crippen LogP contribution in [0.3, 0.4) is 0 Å². The van der Waals surface area contributed by atoms with Crippen LogP contribution in [0.2, 0.25) is 0 Å². The Hall–Kier alpha value is -1.09. The van der Waals surface area contributed by atoms with E-state index in [1.807, 2.05) is 13.1 Å². The van der Waals surface area contributed by atoms with Crippen molar-refractivity contribution in [3.05, 3.63) is 29.6 Å². The number of hydrogen-bond acceptors (Lipinski definition) is 2. The van der Waals surface area contributed by atoms with Gasteiger partial charge in [0.25, 0.3) is 0 Å². The molecule has 0 radical (unpaired) electrons. The molecule has 0 bridgehead atoms. The van der Waals surface area contributed by atoms with E-state index in [1.165, 1.54) is 26.4 Å². The van der Waals surface area contributed by atoms with Gasteiger partial charge in [-0.25, -0.2) is 4.39 Å². The van der Waals surface area contributed by atoms with E-state index in [-0.39, 0.29) is 5.82 Å². The summed E-state index contributed by atoms with van der Waals surface area (Å²) in [5.41, 5.74) is 1.12. The van der Waals surface area contributed by atoms with Crippen molar-refractivity contribution in [2.75, 3.05) is 20.7 Å². The van der Waals surface area contributed by atoms with E-state index >= 15 is 0 Å². The van der Waals surface area contributed by atoms with Gasteiger partial charge >= 0.3 is 0 Å². The fourth-order valence-electron chi connectivity index (χ4n) is 3.07. The third kappa shape index (κ3) is 2.83. The molecule has 1 saturated carbocycles. The second-order valence-electron chi connectivity index (χ2n) is 5.10. The van der Waals surface area contributed by atoms with Gasteiger partial charge < -0.3 is 10.1 Å². The Morgan fingerprint density at radius 2 is 2.11 bits per heavy atom. The molecule has 1 aromatic rings. The second kappa shape index (κ2) is 6.19. The van der Waals surface area contributed by atoms with Crippen LogP contribution >= 0.6 is 0 Å². The van der Waals surface area contributed by atoms with E-state index < -0.39 is 0 Å². The summed E-state index contributed by atoms with van der Waals surface area (Å²) in [6.07, 6.45) is 4.94.